The van der Waals surface area contributed by atoms with Gasteiger partial charge in [0.15, 0.2) is 12.7 Å². The van der Waals surface area contributed by atoms with Crippen LogP contribution in [0.1, 0.15) is 13.8 Å². The van der Waals surface area contributed by atoms with E-state index in [9.17, 15) is 0 Å². The molecule has 0 spiro atoms. The van der Waals surface area contributed by atoms with Crippen LogP contribution in [0.3, 0.4) is 0 Å². The second kappa shape index (κ2) is 5.70. The molecule has 1 nitrogen and oxygen atoms in total. The average molecular weight is 316 g/mol. The number of benzene rings is 2. The highest BCUT2D eigenvalue weighted by Crippen LogP contribution is 2.20. The highest BCUT2D eigenvalue weighted by atomic mass is 79.9. The van der Waals surface area contributed by atoms with Gasteiger partial charge in [-0.3, -0.25) is 0 Å². The van der Waals surface area contributed by atoms with Crippen molar-refractivity contribution in [3.8, 4) is 0 Å². The summed E-state index contributed by atoms with van der Waals surface area (Å²) in [5.74, 6) is 0.659. The Kier molecular flexibility index (Phi) is 4.20. The molecule has 2 aromatic carbocycles. The van der Waals surface area contributed by atoms with Gasteiger partial charge in [0.1, 0.15) is 0 Å². The molecule has 3 aromatic rings. The molecule has 0 bridgehead atoms. The van der Waals surface area contributed by atoms with Gasteiger partial charge >= 0.3 is 0 Å². The summed E-state index contributed by atoms with van der Waals surface area (Å²) in [6.45, 7) is 5.58. The van der Waals surface area contributed by atoms with Crippen LogP contribution >= 0.6 is 0 Å². The van der Waals surface area contributed by atoms with Crippen molar-refractivity contribution < 1.29 is 21.5 Å². The molecular formula is C17H18BrN. The maximum Gasteiger partial charge on any atom is 0.213 e. The van der Waals surface area contributed by atoms with E-state index in [1.54, 1.807) is 0 Å². The minimum atomic E-state index is 0. The van der Waals surface area contributed by atoms with E-state index in [4.69, 9.17) is 0 Å². The Hall–Kier alpha value is -1.41. The monoisotopic (exact) mass is 315 g/mol. The molecule has 0 fully saturated rings. The molecule has 98 valence electrons. The van der Waals surface area contributed by atoms with Crippen molar-refractivity contribution in [2.24, 2.45) is 5.92 Å². The molecule has 0 atom stereocenters. The molecule has 0 radical (unpaired) electrons. The van der Waals surface area contributed by atoms with Crippen LogP contribution in [0.15, 0.2) is 54.7 Å². The lowest BCUT2D eigenvalue weighted by molar-refractivity contribution is -0.677. The first-order chi connectivity index (χ1) is 8.74. The number of fused-ring (bicyclic) bond motifs is 2. The maximum absolute atomic E-state index is 2.35. The van der Waals surface area contributed by atoms with Crippen LogP contribution in [0, 0.1) is 5.92 Å². The Morgan fingerprint density at radius 3 is 2.21 bits per heavy atom. The van der Waals surface area contributed by atoms with Crippen LogP contribution in [0.4, 0.5) is 0 Å². The number of hydrogen-bond donors (Lipinski definition) is 0. The topological polar surface area (TPSA) is 3.88 Å². The van der Waals surface area contributed by atoms with Crippen molar-refractivity contribution in [1.82, 2.24) is 0 Å². The van der Waals surface area contributed by atoms with Gasteiger partial charge in [-0.2, -0.15) is 4.57 Å². The Labute approximate surface area is 124 Å². The molecule has 0 amide bonds. The highest BCUT2D eigenvalue weighted by Gasteiger charge is 2.10. The van der Waals surface area contributed by atoms with E-state index < -0.39 is 0 Å². The van der Waals surface area contributed by atoms with Gasteiger partial charge in [-0.1, -0.05) is 38.1 Å². The minimum Gasteiger partial charge on any atom is -1.00 e. The van der Waals surface area contributed by atoms with Crippen LogP contribution < -0.4 is 21.5 Å². The summed E-state index contributed by atoms with van der Waals surface area (Å²) in [6, 6.07) is 17.5. The fraction of sp³-hybridized carbons (Fsp3) is 0.235. The lowest BCUT2D eigenvalue weighted by atomic mass is 10.1. The van der Waals surface area contributed by atoms with Gasteiger partial charge in [-0.15, -0.1) is 0 Å². The number of aromatic nitrogens is 1. The third-order valence-corrected chi connectivity index (χ3v) is 3.31. The molecule has 2 heteroatoms. The average Bonchev–Trinajstić information content (AvgIpc) is 2.36. The fourth-order valence-electron chi connectivity index (χ4n) is 2.51. The van der Waals surface area contributed by atoms with Gasteiger partial charge < -0.3 is 17.0 Å². The van der Waals surface area contributed by atoms with E-state index >= 15 is 0 Å². The first kappa shape index (κ1) is 14.0. The summed E-state index contributed by atoms with van der Waals surface area (Å²) < 4.78 is 2.35. The number of nitrogens with zero attached hydrogens (tertiary/aromatic N) is 1. The van der Waals surface area contributed by atoms with Crippen molar-refractivity contribution in [2.75, 3.05) is 0 Å². The summed E-state index contributed by atoms with van der Waals surface area (Å²) in [7, 11) is 0. The molecule has 0 aliphatic carbocycles. The van der Waals surface area contributed by atoms with E-state index in [-0.39, 0.29) is 17.0 Å². The van der Waals surface area contributed by atoms with Gasteiger partial charge in [0.05, 0.1) is 0 Å². The predicted octanol–water partition coefficient (Wildman–Crippen LogP) is 0.941. The molecule has 0 aliphatic heterocycles. The van der Waals surface area contributed by atoms with Crippen LogP contribution in [-0.4, -0.2) is 0 Å². The molecule has 19 heavy (non-hydrogen) atoms. The van der Waals surface area contributed by atoms with Gasteiger partial charge in [0.2, 0.25) is 5.52 Å². The zero-order valence-electron chi connectivity index (χ0n) is 11.3. The normalized spacial score (nSPS) is 10.9. The predicted molar refractivity (Wildman–Crippen MR) is 76.5 cm³/mol. The number of hydrogen-bond acceptors (Lipinski definition) is 0. The van der Waals surface area contributed by atoms with Crippen LogP contribution in [0.2, 0.25) is 0 Å². The zero-order valence-corrected chi connectivity index (χ0v) is 12.9. The summed E-state index contributed by atoms with van der Waals surface area (Å²) >= 11 is 0. The van der Waals surface area contributed by atoms with E-state index in [0.717, 1.165) is 6.54 Å². The van der Waals surface area contributed by atoms with Crippen LogP contribution in [-0.2, 0) is 6.54 Å². The van der Waals surface area contributed by atoms with Crippen molar-refractivity contribution in [3.63, 3.8) is 0 Å². The first-order valence-corrected chi connectivity index (χ1v) is 6.55. The van der Waals surface area contributed by atoms with Crippen molar-refractivity contribution in [1.29, 1.82) is 0 Å². The Bertz CT molecular complexity index is 704. The molecule has 0 N–H and O–H groups in total. The first-order valence-electron chi connectivity index (χ1n) is 6.55. The van der Waals surface area contributed by atoms with E-state index in [2.05, 4.69) is 73.1 Å². The SMILES string of the molecule is CC(C)C[n+]1cccc2cc3ccccc3cc21.[Br-]. The molecule has 1 aromatic heterocycles. The maximum atomic E-state index is 2.35. The number of rotatable bonds is 2. The molecule has 0 aliphatic rings. The summed E-state index contributed by atoms with van der Waals surface area (Å²) in [6.07, 6.45) is 2.18. The number of pyridine rings is 1. The van der Waals surface area contributed by atoms with Crippen molar-refractivity contribution >= 4 is 21.7 Å². The summed E-state index contributed by atoms with van der Waals surface area (Å²) in [5.41, 5.74) is 1.32. The van der Waals surface area contributed by atoms with Crippen molar-refractivity contribution in [3.05, 3.63) is 54.7 Å². The lowest BCUT2D eigenvalue weighted by Crippen LogP contribution is -3.00. The quantitative estimate of drug-likeness (QED) is 0.489. The Morgan fingerprint density at radius 1 is 0.895 bits per heavy atom. The standard InChI is InChI=1S/C17H18N.BrH/c1-13(2)12-18-9-5-8-16-10-14-6-3-4-7-15(14)11-17(16)18;/h3-11,13H,12H2,1-2H3;1H/q+1;/p-1. The van der Waals surface area contributed by atoms with E-state index in [0.29, 0.717) is 5.92 Å². The minimum absolute atomic E-state index is 0. The smallest absolute Gasteiger partial charge is 0.213 e. The van der Waals surface area contributed by atoms with Gasteiger partial charge in [-0.05, 0) is 22.9 Å². The molecular weight excluding hydrogens is 298 g/mol. The zero-order chi connectivity index (χ0) is 12.5. The van der Waals surface area contributed by atoms with Gasteiger partial charge in [0, 0.05) is 23.4 Å². The molecule has 0 saturated carbocycles. The molecule has 0 saturated heterocycles. The number of halogens is 1. The third kappa shape index (κ3) is 2.79. The summed E-state index contributed by atoms with van der Waals surface area (Å²) in [4.78, 5) is 0. The molecule has 3 rings (SSSR count). The van der Waals surface area contributed by atoms with E-state index in [1.807, 2.05) is 0 Å². The summed E-state index contributed by atoms with van der Waals surface area (Å²) in [5, 5.41) is 3.94. The van der Waals surface area contributed by atoms with Crippen LogP contribution in [0.5, 0.6) is 0 Å². The Balaban J connectivity index is 0.00000133. The highest BCUT2D eigenvalue weighted by molar-refractivity contribution is 5.95. The molecule has 1 heterocycles. The fourth-order valence-corrected chi connectivity index (χ4v) is 2.51. The molecule has 0 unspecified atom stereocenters. The lowest BCUT2D eigenvalue weighted by Gasteiger charge is -2.05. The second-order valence-corrected chi connectivity index (χ2v) is 5.31. The van der Waals surface area contributed by atoms with Crippen LogP contribution in [0.25, 0.3) is 21.7 Å². The second-order valence-electron chi connectivity index (χ2n) is 5.31. The van der Waals surface area contributed by atoms with Gasteiger partial charge in [0.25, 0.3) is 0 Å². The Morgan fingerprint density at radius 2 is 1.53 bits per heavy atom. The van der Waals surface area contributed by atoms with E-state index in [1.165, 1.54) is 21.7 Å². The largest absolute Gasteiger partial charge is 1.00 e. The van der Waals surface area contributed by atoms with Crippen molar-refractivity contribution in [2.45, 2.75) is 20.4 Å². The van der Waals surface area contributed by atoms with Gasteiger partial charge in [-0.25, -0.2) is 0 Å². The third-order valence-electron chi connectivity index (χ3n) is 3.31.